The third-order valence-corrected chi connectivity index (χ3v) is 8.36. The maximum atomic E-state index is 7.80. The van der Waals surface area contributed by atoms with Crippen LogP contribution in [0, 0.1) is 19.7 Å². The van der Waals surface area contributed by atoms with Gasteiger partial charge in [0.2, 0.25) is 5.69 Å². The molecule has 2 heterocycles. The maximum Gasteiger partial charge on any atom is 0.210 e. The lowest BCUT2D eigenvalue weighted by atomic mass is 10.0. The Morgan fingerprint density at radius 3 is 1.64 bits per heavy atom. The highest BCUT2D eigenvalue weighted by molar-refractivity contribution is 6.13. The van der Waals surface area contributed by atoms with Crippen molar-refractivity contribution in [2.45, 2.75) is 0 Å². The third-order valence-electron chi connectivity index (χ3n) is 8.36. The molecule has 0 N–H and O–H groups in total. The first-order valence-electron chi connectivity index (χ1n) is 14.1. The molecule has 0 radical (unpaired) electrons. The molecule has 0 aliphatic carbocycles. The molecule has 8 rings (SSSR count). The van der Waals surface area contributed by atoms with Crippen molar-refractivity contribution in [1.82, 2.24) is 9.13 Å². The quantitative estimate of drug-likeness (QED) is 0.192. The van der Waals surface area contributed by atoms with Gasteiger partial charge >= 0.3 is 0 Å². The summed E-state index contributed by atoms with van der Waals surface area (Å²) < 4.78 is 4.41. The number of aromatic nitrogens is 2. The van der Waals surface area contributed by atoms with Crippen LogP contribution in [-0.4, -0.2) is 9.13 Å². The van der Waals surface area contributed by atoms with Crippen molar-refractivity contribution in [2.75, 3.05) is 0 Å². The molecular weight excluding hydrogens is 538 g/mol. The molecule has 0 saturated carbocycles. The number of nitrogens with zero attached hydrogens (tertiary/aromatic N) is 5. The molecule has 0 unspecified atom stereocenters. The molecule has 5 nitrogen and oxygen atoms in total. The van der Waals surface area contributed by atoms with Gasteiger partial charge in [0.05, 0.1) is 53.2 Å². The van der Waals surface area contributed by atoms with Gasteiger partial charge in [0, 0.05) is 16.3 Å². The van der Waals surface area contributed by atoms with E-state index < -0.39 is 0 Å². The summed E-state index contributed by atoms with van der Waals surface area (Å²) in [6.07, 6.45) is 0. The Hall–Kier alpha value is -6.61. The summed E-state index contributed by atoms with van der Waals surface area (Å²) in [5.41, 5.74) is 9.77. The molecule has 6 aromatic carbocycles. The zero-order chi connectivity index (χ0) is 29.8. The van der Waals surface area contributed by atoms with E-state index in [2.05, 4.69) is 78.3 Å². The van der Waals surface area contributed by atoms with E-state index in [1.807, 2.05) is 72.8 Å². The normalized spacial score (nSPS) is 11.1. The van der Waals surface area contributed by atoms with Crippen molar-refractivity contribution < 1.29 is 0 Å². The van der Waals surface area contributed by atoms with Gasteiger partial charge < -0.3 is 9.13 Å². The van der Waals surface area contributed by atoms with Crippen LogP contribution in [0.5, 0.6) is 0 Å². The van der Waals surface area contributed by atoms with Gasteiger partial charge in [-0.1, -0.05) is 72.8 Å². The Balaban J connectivity index is 1.42. The molecule has 0 atom stereocenters. The van der Waals surface area contributed by atoms with E-state index in [-0.39, 0.29) is 0 Å². The monoisotopic (exact) mass is 559 g/mol. The Morgan fingerprint density at radius 2 is 0.932 bits per heavy atom. The van der Waals surface area contributed by atoms with Crippen LogP contribution in [0.2, 0.25) is 0 Å². The van der Waals surface area contributed by atoms with Gasteiger partial charge in [-0.2, -0.15) is 0 Å². The number of rotatable bonds is 3. The highest BCUT2D eigenvalue weighted by Crippen LogP contribution is 2.41. The van der Waals surface area contributed by atoms with E-state index in [0.717, 1.165) is 66.1 Å². The minimum Gasteiger partial charge on any atom is -0.319 e. The summed E-state index contributed by atoms with van der Waals surface area (Å²) in [5.74, 6) is 0. The zero-order valence-electron chi connectivity index (χ0n) is 23.4. The van der Waals surface area contributed by atoms with Crippen molar-refractivity contribution in [3.05, 3.63) is 162 Å². The maximum absolute atomic E-state index is 7.80. The number of para-hydroxylation sites is 4. The lowest BCUT2D eigenvalue weighted by molar-refractivity contribution is 1.18. The molecular formula is C39H21N5. The van der Waals surface area contributed by atoms with Crippen LogP contribution >= 0.6 is 0 Å². The Bertz CT molecular complexity index is 2600. The van der Waals surface area contributed by atoms with Crippen LogP contribution in [0.4, 0.5) is 17.1 Å². The van der Waals surface area contributed by atoms with Crippen LogP contribution in [0.1, 0.15) is 0 Å². The second-order valence-electron chi connectivity index (χ2n) is 10.7. The van der Waals surface area contributed by atoms with E-state index >= 15 is 0 Å². The lowest BCUT2D eigenvalue weighted by Gasteiger charge is -2.15. The van der Waals surface area contributed by atoms with Crippen molar-refractivity contribution in [3.8, 4) is 22.5 Å². The fourth-order valence-electron chi connectivity index (χ4n) is 6.46. The molecule has 202 valence electrons. The standard InChI is InChI=1S/C39H21N5/c1-40-26-17-20-37-31(23-26)29-11-5-8-14-35(29)43(37)34-13-7-4-10-28(34)25-16-19-36-30(22-25)32-24-27(41-2)18-21-38(32)44(36)39-15-9-6-12-33(39)42-3/h4-24H. The summed E-state index contributed by atoms with van der Waals surface area (Å²) >= 11 is 0. The number of hydrogen-bond acceptors (Lipinski definition) is 0. The van der Waals surface area contributed by atoms with Crippen molar-refractivity contribution in [3.63, 3.8) is 0 Å². The van der Waals surface area contributed by atoms with Crippen LogP contribution in [0.3, 0.4) is 0 Å². The largest absolute Gasteiger partial charge is 0.319 e. The molecule has 8 aromatic rings. The Labute approximate surface area is 253 Å². The molecule has 2 aromatic heterocycles. The van der Waals surface area contributed by atoms with Crippen LogP contribution in [0.15, 0.2) is 127 Å². The third kappa shape index (κ3) is 3.63. The summed E-state index contributed by atoms with van der Waals surface area (Å²) in [4.78, 5) is 11.2. The first-order valence-corrected chi connectivity index (χ1v) is 14.1. The second kappa shape index (κ2) is 9.74. The van der Waals surface area contributed by atoms with E-state index in [0.29, 0.717) is 17.1 Å². The smallest absolute Gasteiger partial charge is 0.210 e. The van der Waals surface area contributed by atoms with Crippen LogP contribution < -0.4 is 0 Å². The minimum absolute atomic E-state index is 0.572. The molecule has 44 heavy (non-hydrogen) atoms. The first kappa shape index (κ1) is 25.1. The summed E-state index contributed by atoms with van der Waals surface area (Å²) in [5, 5.41) is 4.14. The van der Waals surface area contributed by atoms with Crippen LogP contribution in [-0.2, 0) is 0 Å². The zero-order valence-corrected chi connectivity index (χ0v) is 23.4. The predicted molar refractivity (Wildman–Crippen MR) is 179 cm³/mol. The Morgan fingerprint density at radius 1 is 0.409 bits per heavy atom. The predicted octanol–water partition coefficient (Wildman–Crippen LogP) is 11.2. The van der Waals surface area contributed by atoms with E-state index in [9.17, 15) is 0 Å². The number of fused-ring (bicyclic) bond motifs is 6. The minimum atomic E-state index is 0.572. The number of benzene rings is 6. The second-order valence-corrected chi connectivity index (χ2v) is 10.7. The summed E-state index contributed by atoms with van der Waals surface area (Å²) in [6.45, 7) is 23.0. The van der Waals surface area contributed by atoms with Crippen molar-refractivity contribution >= 4 is 60.7 Å². The van der Waals surface area contributed by atoms with Gasteiger partial charge in [-0.25, -0.2) is 14.5 Å². The number of hydrogen-bond donors (Lipinski definition) is 0. The van der Waals surface area contributed by atoms with Gasteiger partial charge in [-0.3, -0.25) is 0 Å². The molecule has 0 aliphatic heterocycles. The molecule has 0 aliphatic rings. The highest BCUT2D eigenvalue weighted by atomic mass is 15.0. The average molecular weight is 560 g/mol. The molecule has 0 saturated heterocycles. The highest BCUT2D eigenvalue weighted by Gasteiger charge is 2.19. The van der Waals surface area contributed by atoms with E-state index in [1.54, 1.807) is 0 Å². The molecule has 0 bridgehead atoms. The van der Waals surface area contributed by atoms with E-state index in [4.69, 9.17) is 19.7 Å². The van der Waals surface area contributed by atoms with Gasteiger partial charge in [-0.15, -0.1) is 0 Å². The topological polar surface area (TPSA) is 22.9 Å². The fourth-order valence-corrected chi connectivity index (χ4v) is 6.46. The molecule has 5 heteroatoms. The van der Waals surface area contributed by atoms with Gasteiger partial charge in [0.25, 0.3) is 0 Å². The lowest BCUT2D eigenvalue weighted by Crippen LogP contribution is -1.97. The summed E-state index contributed by atoms with van der Waals surface area (Å²) in [7, 11) is 0. The average Bonchev–Trinajstić information content (AvgIpc) is 3.59. The SMILES string of the molecule is [C-]#[N+]c1ccc2c(c1)c1cc(-c3ccccc3-n3c4ccccc4c4cc([N+]#[C-])ccc43)ccc1n2-c1ccccc1[N+]#[C-]. The summed E-state index contributed by atoms with van der Waals surface area (Å²) in [6, 6.07) is 42.5. The molecule has 0 fully saturated rings. The van der Waals surface area contributed by atoms with Crippen molar-refractivity contribution in [1.29, 1.82) is 0 Å². The molecule has 0 spiro atoms. The van der Waals surface area contributed by atoms with Gasteiger partial charge in [0.15, 0.2) is 11.4 Å². The fraction of sp³-hybridized carbons (Fsp3) is 0. The molecule has 0 amide bonds. The van der Waals surface area contributed by atoms with Crippen LogP contribution in [0.25, 0.3) is 80.6 Å². The first-order chi connectivity index (χ1) is 21.7. The van der Waals surface area contributed by atoms with Gasteiger partial charge in [-0.05, 0) is 70.9 Å². The van der Waals surface area contributed by atoms with Crippen molar-refractivity contribution in [2.24, 2.45) is 0 Å². The van der Waals surface area contributed by atoms with Gasteiger partial charge in [0.1, 0.15) is 0 Å². The Kier molecular flexibility index (Phi) is 5.56. The van der Waals surface area contributed by atoms with E-state index in [1.165, 1.54) is 0 Å².